The van der Waals surface area contributed by atoms with Gasteiger partial charge in [-0.3, -0.25) is 4.98 Å². The average molecular weight is 541 g/mol. The van der Waals surface area contributed by atoms with Crippen molar-refractivity contribution in [2.45, 2.75) is 83.1 Å². The van der Waals surface area contributed by atoms with E-state index in [-0.39, 0.29) is 11.9 Å². The molecule has 0 spiro atoms. The van der Waals surface area contributed by atoms with Crippen molar-refractivity contribution in [1.29, 1.82) is 0 Å². The van der Waals surface area contributed by atoms with E-state index in [4.69, 9.17) is 23.2 Å². The summed E-state index contributed by atoms with van der Waals surface area (Å²) in [7, 11) is 0. The zero-order chi connectivity index (χ0) is 25.6. The first-order valence-electron chi connectivity index (χ1n) is 13.8. The first-order chi connectivity index (χ1) is 18.0. The highest BCUT2D eigenvalue weighted by atomic mass is 35.5. The molecule has 37 heavy (non-hydrogen) atoms. The summed E-state index contributed by atoms with van der Waals surface area (Å²) in [6.07, 6.45) is 17.8. The molecule has 1 aliphatic carbocycles. The third-order valence-electron chi connectivity index (χ3n) is 7.90. The lowest BCUT2D eigenvalue weighted by molar-refractivity contribution is 0.404. The predicted molar refractivity (Wildman–Crippen MR) is 155 cm³/mol. The van der Waals surface area contributed by atoms with E-state index >= 15 is 0 Å². The Labute approximate surface area is 229 Å². The second-order valence-corrected chi connectivity index (χ2v) is 11.6. The van der Waals surface area contributed by atoms with Crippen molar-refractivity contribution in [3.8, 4) is 0 Å². The number of fused-ring (bicyclic) bond motifs is 2. The lowest BCUT2D eigenvalue weighted by Gasteiger charge is -2.21. The molecule has 1 fully saturated rings. The minimum absolute atomic E-state index is 0.221. The van der Waals surface area contributed by atoms with Gasteiger partial charge >= 0.3 is 0 Å². The number of anilines is 1. The fraction of sp³-hybridized carbons (Fsp3) is 0.452. The van der Waals surface area contributed by atoms with Gasteiger partial charge in [-0.1, -0.05) is 87.1 Å². The molecule has 0 aliphatic heterocycles. The smallest absolute Gasteiger partial charge is 0.148 e. The van der Waals surface area contributed by atoms with Crippen molar-refractivity contribution >= 4 is 50.7 Å². The zero-order valence-electron chi connectivity index (χ0n) is 21.3. The number of hydrogen-bond donors (Lipinski definition) is 2. The van der Waals surface area contributed by atoms with Crippen LogP contribution in [0.2, 0.25) is 10.0 Å². The number of pyridine rings is 1. The summed E-state index contributed by atoms with van der Waals surface area (Å²) < 4.78 is 14.8. The highest BCUT2D eigenvalue weighted by Crippen LogP contribution is 2.31. The van der Waals surface area contributed by atoms with Gasteiger partial charge in [0.2, 0.25) is 0 Å². The molecule has 0 amide bonds. The predicted octanol–water partition coefficient (Wildman–Crippen LogP) is 10.1. The molecule has 1 aliphatic rings. The van der Waals surface area contributed by atoms with E-state index in [1.807, 2.05) is 12.1 Å². The summed E-state index contributed by atoms with van der Waals surface area (Å²) in [5.41, 5.74) is 3.67. The van der Waals surface area contributed by atoms with Gasteiger partial charge in [0, 0.05) is 40.8 Å². The Bertz CT molecular complexity index is 1340. The summed E-state index contributed by atoms with van der Waals surface area (Å²) in [6.45, 7) is 0. The second-order valence-electron chi connectivity index (χ2n) is 10.7. The lowest BCUT2D eigenvalue weighted by atomic mass is 9.88. The number of nitrogens with one attached hydrogen (secondary N) is 2. The van der Waals surface area contributed by atoms with E-state index in [2.05, 4.69) is 33.5 Å². The lowest BCUT2D eigenvalue weighted by Crippen LogP contribution is -2.20. The van der Waals surface area contributed by atoms with E-state index in [1.54, 1.807) is 18.5 Å². The van der Waals surface area contributed by atoms with Gasteiger partial charge < -0.3 is 10.3 Å². The van der Waals surface area contributed by atoms with Crippen LogP contribution in [0, 0.1) is 11.7 Å². The van der Waals surface area contributed by atoms with Crippen LogP contribution in [0.1, 0.15) is 76.2 Å². The van der Waals surface area contributed by atoms with Gasteiger partial charge in [0.1, 0.15) is 5.82 Å². The van der Waals surface area contributed by atoms with Crippen LogP contribution < -0.4 is 5.32 Å². The Morgan fingerprint density at radius 1 is 0.892 bits per heavy atom. The van der Waals surface area contributed by atoms with Crippen molar-refractivity contribution in [3.05, 3.63) is 70.2 Å². The van der Waals surface area contributed by atoms with Crippen molar-refractivity contribution in [2.75, 3.05) is 5.32 Å². The van der Waals surface area contributed by atoms with Crippen LogP contribution in [-0.2, 0) is 6.42 Å². The van der Waals surface area contributed by atoms with Crippen LogP contribution in [0.4, 0.5) is 10.1 Å². The quantitative estimate of drug-likeness (QED) is 0.270. The number of nitrogens with zero attached hydrogens (tertiary/aromatic N) is 1. The van der Waals surface area contributed by atoms with Crippen LogP contribution in [0.25, 0.3) is 21.8 Å². The molecule has 2 unspecified atom stereocenters. The molecule has 2 heterocycles. The number of aromatic amines is 1. The molecule has 5 rings (SSSR count). The largest absolute Gasteiger partial charge is 0.380 e. The summed E-state index contributed by atoms with van der Waals surface area (Å²) in [5, 5.41) is 6.84. The third kappa shape index (κ3) is 6.97. The third-order valence-corrected chi connectivity index (χ3v) is 8.41. The maximum absolute atomic E-state index is 14.8. The van der Waals surface area contributed by atoms with Gasteiger partial charge in [-0.05, 0) is 55.0 Å². The number of halogens is 3. The van der Waals surface area contributed by atoms with E-state index in [9.17, 15) is 4.39 Å². The maximum Gasteiger partial charge on any atom is 0.148 e. The zero-order valence-corrected chi connectivity index (χ0v) is 22.9. The van der Waals surface area contributed by atoms with Crippen LogP contribution in [-0.4, -0.2) is 16.0 Å². The monoisotopic (exact) mass is 539 g/mol. The Hall–Kier alpha value is -2.30. The van der Waals surface area contributed by atoms with Crippen molar-refractivity contribution in [1.82, 2.24) is 9.97 Å². The van der Waals surface area contributed by atoms with Crippen molar-refractivity contribution in [2.24, 2.45) is 5.92 Å². The number of rotatable bonds is 4. The molecule has 2 aromatic carbocycles. The molecule has 1 saturated carbocycles. The number of H-pyrrole nitrogens is 1. The minimum atomic E-state index is -0.221. The van der Waals surface area contributed by atoms with Gasteiger partial charge in [-0.2, -0.15) is 0 Å². The highest BCUT2D eigenvalue weighted by molar-refractivity contribution is 6.35. The van der Waals surface area contributed by atoms with Gasteiger partial charge in [-0.15, -0.1) is 0 Å². The molecule has 0 radical (unpaired) electrons. The molecule has 2 atom stereocenters. The summed E-state index contributed by atoms with van der Waals surface area (Å²) in [6, 6.07) is 12.3. The molecule has 2 aromatic heterocycles. The van der Waals surface area contributed by atoms with Crippen LogP contribution >= 0.6 is 23.2 Å². The number of hydrogen-bond acceptors (Lipinski definition) is 2. The van der Waals surface area contributed by atoms with Crippen molar-refractivity contribution in [3.63, 3.8) is 0 Å². The molecule has 6 heteroatoms. The first kappa shape index (κ1) is 26.3. The van der Waals surface area contributed by atoms with E-state index in [1.165, 1.54) is 56.9 Å². The standard InChI is InChI=1S/C31H36Cl2FN3/c32-24-16-23-15-22(12-13-29(23)35-19-24)14-21-8-4-2-1-3-5-10-25(11-7-6-9-21)37-31-17-26-27(33)20-36-30(26)18-28(31)34/h12-13,15-21,25,36-37H,1-11,14H2. The number of aromatic nitrogens is 2. The number of benzene rings is 2. The van der Waals surface area contributed by atoms with E-state index in [0.717, 1.165) is 47.5 Å². The molecule has 196 valence electrons. The Kier molecular flexibility index (Phi) is 8.89. The molecule has 0 bridgehead atoms. The fourth-order valence-electron chi connectivity index (χ4n) is 5.87. The minimum Gasteiger partial charge on any atom is -0.380 e. The Morgan fingerprint density at radius 2 is 1.62 bits per heavy atom. The average Bonchev–Trinajstić information content (AvgIpc) is 3.24. The molecule has 2 N–H and O–H groups in total. The van der Waals surface area contributed by atoms with Gasteiger partial charge in [0.15, 0.2) is 0 Å². The van der Waals surface area contributed by atoms with Crippen LogP contribution in [0.3, 0.4) is 0 Å². The molecule has 3 nitrogen and oxygen atoms in total. The highest BCUT2D eigenvalue weighted by Gasteiger charge is 2.16. The van der Waals surface area contributed by atoms with Crippen molar-refractivity contribution < 1.29 is 4.39 Å². The van der Waals surface area contributed by atoms with Gasteiger partial charge in [0.25, 0.3) is 0 Å². The summed E-state index contributed by atoms with van der Waals surface area (Å²) in [5.74, 6) is 0.466. The summed E-state index contributed by atoms with van der Waals surface area (Å²) >= 11 is 12.5. The Balaban J connectivity index is 1.22. The van der Waals surface area contributed by atoms with Gasteiger partial charge in [-0.25, -0.2) is 4.39 Å². The maximum atomic E-state index is 14.8. The van der Waals surface area contributed by atoms with E-state index < -0.39 is 0 Å². The van der Waals surface area contributed by atoms with Gasteiger partial charge in [0.05, 0.1) is 21.2 Å². The summed E-state index contributed by atoms with van der Waals surface area (Å²) in [4.78, 5) is 7.47. The van der Waals surface area contributed by atoms with Crippen LogP contribution in [0.15, 0.2) is 48.8 Å². The first-order valence-corrected chi connectivity index (χ1v) is 14.6. The normalized spacial score (nSPS) is 20.3. The molecule has 0 saturated heterocycles. The SMILES string of the molecule is Fc1cc2[nH]cc(Cl)c2cc1NC1CCCCCCCC(Cc2ccc3ncc(Cl)cc3c2)CCCC1. The fourth-order valence-corrected chi connectivity index (χ4v) is 6.25. The topological polar surface area (TPSA) is 40.7 Å². The molecular weight excluding hydrogens is 504 g/mol. The second kappa shape index (κ2) is 12.5. The van der Waals surface area contributed by atoms with Crippen LogP contribution in [0.5, 0.6) is 0 Å². The Morgan fingerprint density at radius 3 is 2.46 bits per heavy atom. The molecule has 4 aromatic rings. The molecular formula is C31H36Cl2FN3. The van der Waals surface area contributed by atoms with E-state index in [0.29, 0.717) is 21.7 Å².